The summed E-state index contributed by atoms with van der Waals surface area (Å²) in [7, 11) is 3.38. The number of nitrogens with zero attached hydrogens (tertiary/aromatic N) is 5. The highest BCUT2D eigenvalue weighted by atomic mass is 16.2. The molecule has 1 aliphatic heterocycles. The number of piperazine rings is 1. The number of hydrogen-bond acceptors (Lipinski definition) is 6. The van der Waals surface area contributed by atoms with Crippen LogP contribution in [0.5, 0.6) is 0 Å². The molecule has 2 N–H and O–H groups in total. The normalized spacial score (nSPS) is 21.4. The lowest BCUT2D eigenvalue weighted by molar-refractivity contribution is -0.126. The molecule has 2 heterocycles. The Hall–Kier alpha value is -1.54. The van der Waals surface area contributed by atoms with E-state index >= 15 is 0 Å². The van der Waals surface area contributed by atoms with Crippen LogP contribution in [-0.2, 0) is 18.4 Å². The van der Waals surface area contributed by atoms with Gasteiger partial charge in [0.05, 0.1) is 13.6 Å². The van der Waals surface area contributed by atoms with Crippen molar-refractivity contribution in [2.75, 3.05) is 26.7 Å². The van der Waals surface area contributed by atoms with Crippen molar-refractivity contribution < 1.29 is 4.79 Å². The van der Waals surface area contributed by atoms with Crippen LogP contribution in [-0.4, -0.2) is 63.7 Å². The van der Waals surface area contributed by atoms with Crippen LogP contribution in [0.15, 0.2) is 0 Å². The number of carbonyl (C=O) groups is 1. The maximum absolute atomic E-state index is 11.7. The summed E-state index contributed by atoms with van der Waals surface area (Å²) in [5.41, 5.74) is 0. The number of aromatic nitrogens is 4. The molecule has 0 aliphatic carbocycles. The average Bonchev–Trinajstić information content (AvgIpc) is 2.74. The van der Waals surface area contributed by atoms with Crippen molar-refractivity contribution in [3.8, 4) is 0 Å². The third-order valence-electron chi connectivity index (χ3n) is 2.80. The maximum atomic E-state index is 11.7. The Morgan fingerprint density at radius 1 is 1.65 bits per heavy atom. The van der Waals surface area contributed by atoms with Crippen molar-refractivity contribution in [1.82, 2.24) is 35.7 Å². The minimum absolute atomic E-state index is 0.0149. The maximum Gasteiger partial charge on any atom is 0.238 e. The fourth-order valence-corrected chi connectivity index (χ4v) is 1.93. The highest BCUT2D eigenvalue weighted by Crippen LogP contribution is 2.07. The molecule has 94 valence electrons. The molecule has 1 saturated heterocycles. The molecule has 8 nitrogen and oxygen atoms in total. The zero-order valence-electron chi connectivity index (χ0n) is 10.1. The highest BCUT2D eigenvalue weighted by Gasteiger charge is 2.28. The van der Waals surface area contributed by atoms with E-state index in [0.29, 0.717) is 18.9 Å². The fourth-order valence-electron chi connectivity index (χ4n) is 1.93. The lowest BCUT2D eigenvalue weighted by Crippen LogP contribution is -2.57. The largest absolute Gasteiger partial charge is 0.358 e. The van der Waals surface area contributed by atoms with Crippen molar-refractivity contribution >= 4 is 5.91 Å². The van der Waals surface area contributed by atoms with Crippen molar-refractivity contribution in [2.45, 2.75) is 12.6 Å². The quantitative estimate of drug-likeness (QED) is 0.618. The van der Waals surface area contributed by atoms with Gasteiger partial charge in [-0.25, -0.2) is 0 Å². The summed E-state index contributed by atoms with van der Waals surface area (Å²) in [5.74, 6) is 0.657. The molecule has 1 atom stereocenters. The lowest BCUT2D eigenvalue weighted by atomic mass is 10.2. The van der Waals surface area contributed by atoms with Gasteiger partial charge in [0.15, 0.2) is 5.82 Å². The molecular weight excluding hydrogens is 222 g/mol. The number of nitrogens with one attached hydrogen (secondary N) is 2. The van der Waals surface area contributed by atoms with Crippen molar-refractivity contribution in [2.24, 2.45) is 7.05 Å². The van der Waals surface area contributed by atoms with Gasteiger partial charge < -0.3 is 10.6 Å². The van der Waals surface area contributed by atoms with Crippen LogP contribution in [0.1, 0.15) is 5.82 Å². The van der Waals surface area contributed by atoms with Gasteiger partial charge in [-0.1, -0.05) is 0 Å². The Kier molecular flexibility index (Phi) is 3.64. The van der Waals surface area contributed by atoms with Gasteiger partial charge in [0.2, 0.25) is 5.91 Å². The number of hydrogen-bond donors (Lipinski definition) is 2. The first-order valence-corrected chi connectivity index (χ1v) is 5.60. The minimum Gasteiger partial charge on any atom is -0.358 e. The van der Waals surface area contributed by atoms with Gasteiger partial charge in [-0.15, -0.1) is 10.2 Å². The summed E-state index contributed by atoms with van der Waals surface area (Å²) in [4.78, 5) is 15.2. The Morgan fingerprint density at radius 3 is 3.12 bits per heavy atom. The second-order valence-corrected chi connectivity index (χ2v) is 4.00. The molecule has 0 spiro atoms. The predicted octanol–water partition coefficient (Wildman–Crippen LogP) is -2.27. The first kappa shape index (κ1) is 11.9. The topological polar surface area (TPSA) is 88.0 Å². The molecule has 1 aromatic rings. The number of carbonyl (C=O) groups excluding carboxylic acids is 1. The molecule has 1 aromatic heterocycles. The van der Waals surface area contributed by atoms with E-state index < -0.39 is 0 Å². The van der Waals surface area contributed by atoms with E-state index in [1.54, 1.807) is 14.1 Å². The summed E-state index contributed by atoms with van der Waals surface area (Å²) >= 11 is 0. The molecule has 1 amide bonds. The Labute approximate surface area is 99.3 Å². The van der Waals surface area contributed by atoms with Gasteiger partial charge in [0.1, 0.15) is 6.04 Å². The first-order valence-electron chi connectivity index (χ1n) is 5.60. The minimum atomic E-state index is -0.169. The van der Waals surface area contributed by atoms with E-state index in [-0.39, 0.29) is 11.9 Å². The van der Waals surface area contributed by atoms with Gasteiger partial charge in [-0.3, -0.25) is 9.69 Å². The second kappa shape index (κ2) is 5.19. The summed E-state index contributed by atoms with van der Waals surface area (Å²) in [6.07, 6.45) is 0. The summed E-state index contributed by atoms with van der Waals surface area (Å²) in [6.45, 7) is 2.87. The fraction of sp³-hybridized carbons (Fsp3) is 0.778. The van der Waals surface area contributed by atoms with E-state index in [1.807, 2.05) is 0 Å². The summed E-state index contributed by atoms with van der Waals surface area (Å²) in [5, 5.41) is 17.7. The van der Waals surface area contributed by atoms with Gasteiger partial charge in [-0.2, -0.15) is 4.80 Å². The van der Waals surface area contributed by atoms with Crippen molar-refractivity contribution in [3.05, 3.63) is 5.82 Å². The summed E-state index contributed by atoms with van der Waals surface area (Å²) in [6, 6.07) is -0.169. The van der Waals surface area contributed by atoms with E-state index in [2.05, 4.69) is 30.9 Å². The highest BCUT2D eigenvalue weighted by molar-refractivity contribution is 5.81. The van der Waals surface area contributed by atoms with E-state index in [4.69, 9.17) is 0 Å². The van der Waals surface area contributed by atoms with Crippen LogP contribution >= 0.6 is 0 Å². The van der Waals surface area contributed by atoms with E-state index in [1.165, 1.54) is 4.80 Å². The van der Waals surface area contributed by atoms with Gasteiger partial charge >= 0.3 is 0 Å². The van der Waals surface area contributed by atoms with Gasteiger partial charge in [-0.05, 0) is 5.21 Å². The Balaban J connectivity index is 2.03. The zero-order chi connectivity index (χ0) is 12.3. The van der Waals surface area contributed by atoms with Crippen LogP contribution < -0.4 is 10.6 Å². The van der Waals surface area contributed by atoms with Gasteiger partial charge in [0, 0.05) is 26.7 Å². The standard InChI is InChI=1S/C9H17N7O/c1-10-9(17)7-5-11-3-4-16(7)6-8-12-14-15(2)13-8/h7,11H,3-6H2,1-2H3,(H,10,17). The smallest absolute Gasteiger partial charge is 0.238 e. The monoisotopic (exact) mass is 239 g/mol. The molecule has 0 bridgehead atoms. The lowest BCUT2D eigenvalue weighted by Gasteiger charge is -2.33. The SMILES string of the molecule is CNC(=O)C1CNCCN1Cc1nnn(C)n1. The van der Waals surface area contributed by atoms with Crippen LogP contribution in [0, 0.1) is 0 Å². The number of rotatable bonds is 3. The van der Waals surface area contributed by atoms with Crippen molar-refractivity contribution in [1.29, 1.82) is 0 Å². The second-order valence-electron chi connectivity index (χ2n) is 4.00. The molecule has 2 rings (SSSR count). The van der Waals surface area contributed by atoms with Crippen LogP contribution in [0.25, 0.3) is 0 Å². The van der Waals surface area contributed by atoms with Crippen LogP contribution in [0.3, 0.4) is 0 Å². The van der Waals surface area contributed by atoms with Crippen LogP contribution in [0.2, 0.25) is 0 Å². The number of likely N-dealkylation sites (N-methyl/N-ethyl adjacent to an activating group) is 1. The molecule has 8 heteroatoms. The van der Waals surface area contributed by atoms with Crippen molar-refractivity contribution in [3.63, 3.8) is 0 Å². The van der Waals surface area contributed by atoms with Gasteiger partial charge in [0.25, 0.3) is 0 Å². The summed E-state index contributed by atoms with van der Waals surface area (Å²) < 4.78 is 0. The molecule has 0 aromatic carbocycles. The number of tetrazole rings is 1. The molecule has 1 fully saturated rings. The Bertz CT molecular complexity index is 390. The third kappa shape index (κ3) is 2.77. The number of aryl methyl sites for hydroxylation is 1. The molecule has 1 unspecified atom stereocenters. The molecular formula is C9H17N7O. The average molecular weight is 239 g/mol. The molecule has 1 aliphatic rings. The first-order chi connectivity index (χ1) is 8.20. The number of amides is 1. The molecule has 0 radical (unpaired) electrons. The molecule has 0 saturated carbocycles. The Morgan fingerprint density at radius 2 is 2.47 bits per heavy atom. The van der Waals surface area contributed by atoms with Crippen LogP contribution in [0.4, 0.5) is 0 Å². The predicted molar refractivity (Wildman–Crippen MR) is 59.9 cm³/mol. The zero-order valence-corrected chi connectivity index (χ0v) is 10.1. The molecule has 17 heavy (non-hydrogen) atoms. The van der Waals surface area contributed by atoms with E-state index in [9.17, 15) is 4.79 Å². The van der Waals surface area contributed by atoms with E-state index in [0.717, 1.165) is 13.1 Å². The third-order valence-corrected chi connectivity index (χ3v) is 2.80.